The van der Waals surface area contributed by atoms with Crippen molar-refractivity contribution < 1.29 is 28.2 Å². The number of hydrogen-bond donors (Lipinski definition) is 0. The molecule has 8 nitrogen and oxygen atoms in total. The molecule has 1 aromatic heterocycles. The maximum Gasteiger partial charge on any atom is 0.321 e. The number of ether oxygens (including phenoxy) is 3. The number of aryl methyl sites for hydroxylation is 1. The number of morpholine rings is 1. The van der Waals surface area contributed by atoms with Crippen molar-refractivity contribution in [3.63, 3.8) is 0 Å². The van der Waals surface area contributed by atoms with Crippen molar-refractivity contribution in [1.29, 1.82) is 0 Å². The maximum atomic E-state index is 12.8. The molecule has 1 atom stereocenters. The molecule has 174 valence electrons. The van der Waals surface area contributed by atoms with Crippen LogP contribution in [0.25, 0.3) is 0 Å². The number of anilines is 1. The maximum absolute atomic E-state index is 12.8. The van der Waals surface area contributed by atoms with Crippen molar-refractivity contribution in [3.05, 3.63) is 47.0 Å². The van der Waals surface area contributed by atoms with E-state index in [0.717, 1.165) is 16.8 Å². The minimum absolute atomic E-state index is 0.280. The summed E-state index contributed by atoms with van der Waals surface area (Å²) in [5.74, 6) is -2.54. The molecule has 0 aliphatic carbocycles. The molecule has 3 rings (SSSR count). The smallest absolute Gasteiger partial charge is 0.321 e. The molecule has 2 aromatic rings. The van der Waals surface area contributed by atoms with Gasteiger partial charge in [-0.25, -0.2) is 4.98 Å². The fourth-order valence-electron chi connectivity index (χ4n) is 3.89. The molecule has 2 heterocycles. The molecule has 1 unspecified atom stereocenters. The first-order valence-electron chi connectivity index (χ1n) is 10.7. The van der Waals surface area contributed by atoms with Gasteiger partial charge in [-0.3, -0.25) is 9.59 Å². The number of hydrogen-bond acceptors (Lipinski definition) is 8. The average Bonchev–Trinajstić information content (AvgIpc) is 3.22. The van der Waals surface area contributed by atoms with Crippen molar-refractivity contribution in [1.82, 2.24) is 4.98 Å². The Morgan fingerprint density at radius 2 is 1.72 bits per heavy atom. The highest BCUT2D eigenvalue weighted by Gasteiger charge is 2.43. The summed E-state index contributed by atoms with van der Waals surface area (Å²) in [6.07, 6.45) is 0. The van der Waals surface area contributed by atoms with Crippen molar-refractivity contribution in [2.45, 2.75) is 39.0 Å². The zero-order valence-corrected chi connectivity index (χ0v) is 19.6. The third-order valence-electron chi connectivity index (χ3n) is 5.55. The average molecular weight is 445 g/mol. The van der Waals surface area contributed by atoms with Crippen LogP contribution in [0.3, 0.4) is 0 Å². The van der Waals surface area contributed by atoms with Crippen molar-refractivity contribution in [3.8, 4) is 0 Å². The molecule has 0 spiro atoms. The number of oxazole rings is 1. The lowest BCUT2D eigenvalue weighted by atomic mass is 9.85. The summed E-state index contributed by atoms with van der Waals surface area (Å²) in [4.78, 5) is 32.5. The van der Waals surface area contributed by atoms with E-state index < -0.39 is 23.8 Å². The van der Waals surface area contributed by atoms with Crippen molar-refractivity contribution in [2.24, 2.45) is 5.92 Å². The molecule has 1 fully saturated rings. The molecule has 0 saturated carbocycles. The van der Waals surface area contributed by atoms with E-state index in [9.17, 15) is 9.59 Å². The molecule has 8 heteroatoms. The summed E-state index contributed by atoms with van der Waals surface area (Å²) >= 11 is 0. The molecule has 1 saturated heterocycles. The summed E-state index contributed by atoms with van der Waals surface area (Å²) in [6.45, 7) is 10.6. The first-order valence-corrected chi connectivity index (χ1v) is 10.7. The number of nitrogens with zero attached hydrogens (tertiary/aromatic N) is 2. The van der Waals surface area contributed by atoms with Gasteiger partial charge in [-0.2, -0.15) is 0 Å². The second kappa shape index (κ2) is 9.73. The van der Waals surface area contributed by atoms with Crippen LogP contribution in [0.15, 0.2) is 28.7 Å². The van der Waals surface area contributed by atoms with Gasteiger partial charge in [0.05, 0.1) is 33.4 Å². The Balaban J connectivity index is 2.21. The number of benzene rings is 1. The summed E-state index contributed by atoms with van der Waals surface area (Å²) < 4.78 is 21.8. The van der Waals surface area contributed by atoms with Gasteiger partial charge >= 0.3 is 11.9 Å². The van der Waals surface area contributed by atoms with Crippen LogP contribution in [-0.4, -0.2) is 57.4 Å². The lowest BCUT2D eigenvalue weighted by molar-refractivity contribution is -0.159. The Kier molecular flexibility index (Phi) is 7.23. The van der Waals surface area contributed by atoms with Crippen LogP contribution in [-0.2, 0) is 29.2 Å². The molecular formula is C24H32N2O6. The van der Waals surface area contributed by atoms with Crippen molar-refractivity contribution in [2.75, 3.05) is 45.4 Å². The fraction of sp³-hybridized carbons (Fsp3) is 0.542. The predicted octanol–water partition coefficient (Wildman–Crippen LogP) is 3.21. The number of carbonyl (C=O) groups is 2. The van der Waals surface area contributed by atoms with Crippen LogP contribution in [0.4, 0.5) is 5.88 Å². The molecule has 32 heavy (non-hydrogen) atoms. The minimum atomic E-state index is -1.25. The van der Waals surface area contributed by atoms with Gasteiger partial charge < -0.3 is 23.5 Å². The van der Waals surface area contributed by atoms with Crippen LogP contribution in [0.2, 0.25) is 0 Å². The van der Waals surface area contributed by atoms with Gasteiger partial charge in [0.1, 0.15) is 5.69 Å². The number of esters is 2. The van der Waals surface area contributed by atoms with Gasteiger partial charge in [0.2, 0.25) is 11.8 Å². The highest BCUT2D eigenvalue weighted by atomic mass is 16.5. The van der Waals surface area contributed by atoms with E-state index >= 15 is 0 Å². The normalized spacial score (nSPS) is 15.5. The summed E-state index contributed by atoms with van der Waals surface area (Å²) in [5, 5.41) is 0. The largest absolute Gasteiger partial charge is 0.468 e. The van der Waals surface area contributed by atoms with Crippen LogP contribution in [0, 0.1) is 12.8 Å². The SMILES string of the molecule is COC(=O)C(C(=O)OC)C(c1cccc(C)c1)c1nc(C(C)(C)C)c(N2CCOCC2)o1. The van der Waals surface area contributed by atoms with Gasteiger partial charge in [0.25, 0.3) is 0 Å². The third kappa shape index (κ3) is 4.96. The Morgan fingerprint density at radius 1 is 1.09 bits per heavy atom. The number of methoxy groups -OCH3 is 2. The van der Waals surface area contributed by atoms with Crippen LogP contribution in [0.1, 0.15) is 49.4 Å². The first kappa shape index (κ1) is 23.8. The van der Waals surface area contributed by atoms with Gasteiger partial charge in [-0.15, -0.1) is 0 Å². The molecule has 0 radical (unpaired) electrons. The summed E-state index contributed by atoms with van der Waals surface area (Å²) in [5.41, 5.74) is 2.15. The van der Waals surface area contributed by atoms with E-state index in [1.54, 1.807) is 0 Å². The summed E-state index contributed by atoms with van der Waals surface area (Å²) in [7, 11) is 2.50. The third-order valence-corrected chi connectivity index (χ3v) is 5.55. The highest BCUT2D eigenvalue weighted by Crippen LogP contribution is 2.40. The molecule has 1 aliphatic heterocycles. The van der Waals surface area contributed by atoms with Crippen LogP contribution in [0.5, 0.6) is 0 Å². The molecule has 0 bridgehead atoms. The second-order valence-electron chi connectivity index (χ2n) is 8.97. The standard InChI is InChI=1S/C24H32N2O6/c1-15-8-7-9-16(14-15)17(18(22(27)29-5)23(28)30-6)20-25-19(24(2,3)4)21(32-20)26-10-12-31-13-11-26/h7-9,14,17-18H,10-13H2,1-6H3. The molecular weight excluding hydrogens is 412 g/mol. The van der Waals surface area contributed by atoms with Gasteiger partial charge in [0.15, 0.2) is 5.92 Å². The number of carbonyl (C=O) groups excluding carboxylic acids is 2. The predicted molar refractivity (Wildman–Crippen MR) is 119 cm³/mol. The quantitative estimate of drug-likeness (QED) is 0.496. The van der Waals surface area contributed by atoms with Crippen LogP contribution >= 0.6 is 0 Å². The Hall–Kier alpha value is -2.87. The Labute approximate surface area is 188 Å². The zero-order chi connectivity index (χ0) is 23.5. The monoisotopic (exact) mass is 444 g/mol. The van der Waals surface area contributed by atoms with E-state index in [2.05, 4.69) is 25.7 Å². The Bertz CT molecular complexity index is 940. The van der Waals surface area contributed by atoms with Gasteiger partial charge in [0, 0.05) is 18.5 Å². The molecule has 0 amide bonds. The van der Waals surface area contributed by atoms with E-state index in [1.807, 2.05) is 31.2 Å². The molecule has 0 N–H and O–H groups in total. The minimum Gasteiger partial charge on any atom is -0.468 e. The van der Waals surface area contributed by atoms with E-state index in [-0.39, 0.29) is 11.3 Å². The summed E-state index contributed by atoms with van der Waals surface area (Å²) in [6, 6.07) is 7.59. The lowest BCUT2D eigenvalue weighted by Crippen LogP contribution is -2.37. The fourth-order valence-corrected chi connectivity index (χ4v) is 3.89. The first-order chi connectivity index (χ1) is 15.2. The van der Waals surface area contributed by atoms with Gasteiger partial charge in [-0.05, 0) is 12.5 Å². The van der Waals surface area contributed by atoms with E-state index in [0.29, 0.717) is 32.2 Å². The molecule has 1 aliphatic rings. The van der Waals surface area contributed by atoms with Crippen LogP contribution < -0.4 is 4.90 Å². The van der Waals surface area contributed by atoms with Gasteiger partial charge in [-0.1, -0.05) is 50.6 Å². The second-order valence-corrected chi connectivity index (χ2v) is 8.97. The highest BCUT2D eigenvalue weighted by molar-refractivity contribution is 5.96. The number of aromatic nitrogens is 1. The molecule has 1 aromatic carbocycles. The lowest BCUT2D eigenvalue weighted by Gasteiger charge is -2.29. The number of rotatable bonds is 6. The van der Waals surface area contributed by atoms with Crippen molar-refractivity contribution >= 4 is 17.8 Å². The topological polar surface area (TPSA) is 91.1 Å². The zero-order valence-electron chi connectivity index (χ0n) is 19.6. The van der Waals surface area contributed by atoms with E-state index in [1.165, 1.54) is 14.2 Å². The Morgan fingerprint density at radius 3 is 2.25 bits per heavy atom. The van der Waals surface area contributed by atoms with E-state index in [4.69, 9.17) is 23.6 Å².